The molecular formula is C25H27Cl2N3O3S. The summed E-state index contributed by atoms with van der Waals surface area (Å²) in [7, 11) is -1.66. The van der Waals surface area contributed by atoms with Gasteiger partial charge in [0.25, 0.3) is 0 Å². The van der Waals surface area contributed by atoms with Crippen molar-refractivity contribution in [3.8, 4) is 11.5 Å². The summed E-state index contributed by atoms with van der Waals surface area (Å²) in [5.41, 5.74) is 0.852. The number of benzene rings is 3. The molecule has 1 aliphatic rings. The normalized spacial score (nSPS) is 16.3. The lowest BCUT2D eigenvalue weighted by Crippen LogP contribution is -2.48. The lowest BCUT2D eigenvalue weighted by molar-refractivity contribution is 0.113. The van der Waals surface area contributed by atoms with E-state index in [0.29, 0.717) is 21.5 Å². The van der Waals surface area contributed by atoms with Crippen molar-refractivity contribution in [2.45, 2.75) is 10.9 Å². The Morgan fingerprint density at radius 2 is 1.56 bits per heavy atom. The standard InChI is InChI=1S/C25H27Cl2N3O3S/c1-29-13-15-30(16-14-29)25(23-12-7-19(26)17-24(23)27)18-28-34(31,32)22-10-8-21(9-11-22)33-20-5-3-2-4-6-20/h2-12,17,25,28H,13-16,18H2,1H3. The molecule has 1 heterocycles. The van der Waals surface area contributed by atoms with Crippen molar-refractivity contribution in [1.82, 2.24) is 14.5 Å². The first kappa shape index (κ1) is 25.0. The van der Waals surface area contributed by atoms with Gasteiger partial charge in [-0.3, -0.25) is 4.90 Å². The van der Waals surface area contributed by atoms with Crippen molar-refractivity contribution in [2.24, 2.45) is 0 Å². The van der Waals surface area contributed by atoms with Gasteiger partial charge in [-0.15, -0.1) is 0 Å². The lowest BCUT2D eigenvalue weighted by atomic mass is 10.0. The highest BCUT2D eigenvalue weighted by atomic mass is 35.5. The molecule has 1 N–H and O–H groups in total. The van der Waals surface area contributed by atoms with Gasteiger partial charge in [-0.2, -0.15) is 0 Å². The van der Waals surface area contributed by atoms with Crippen molar-refractivity contribution in [3.63, 3.8) is 0 Å². The topological polar surface area (TPSA) is 61.9 Å². The van der Waals surface area contributed by atoms with Gasteiger partial charge in [0, 0.05) is 48.8 Å². The molecule has 1 aliphatic heterocycles. The van der Waals surface area contributed by atoms with Gasteiger partial charge in [-0.05, 0) is 61.1 Å². The Morgan fingerprint density at radius 1 is 0.912 bits per heavy atom. The largest absolute Gasteiger partial charge is 0.457 e. The number of sulfonamides is 1. The van der Waals surface area contributed by atoms with Gasteiger partial charge in [-0.1, -0.05) is 47.5 Å². The van der Waals surface area contributed by atoms with Crippen LogP contribution in [-0.2, 0) is 10.0 Å². The van der Waals surface area contributed by atoms with E-state index in [2.05, 4.69) is 21.6 Å². The monoisotopic (exact) mass is 519 g/mol. The molecule has 3 aromatic carbocycles. The second-order valence-corrected chi connectivity index (χ2v) is 10.9. The zero-order valence-electron chi connectivity index (χ0n) is 18.8. The second-order valence-electron chi connectivity index (χ2n) is 8.26. The molecule has 4 rings (SSSR count). The van der Waals surface area contributed by atoms with Gasteiger partial charge in [0.2, 0.25) is 10.0 Å². The Labute approximate surface area is 211 Å². The number of ether oxygens (including phenoxy) is 1. The number of nitrogens with one attached hydrogen (secondary N) is 1. The molecule has 1 fully saturated rings. The van der Waals surface area contributed by atoms with E-state index in [9.17, 15) is 8.42 Å². The van der Waals surface area contributed by atoms with E-state index in [1.165, 1.54) is 0 Å². The summed E-state index contributed by atoms with van der Waals surface area (Å²) in [6, 6.07) is 20.9. The predicted molar refractivity (Wildman–Crippen MR) is 136 cm³/mol. The molecule has 0 amide bonds. The third-order valence-corrected chi connectivity index (χ3v) is 7.88. The van der Waals surface area contributed by atoms with Crippen molar-refractivity contribution < 1.29 is 13.2 Å². The molecular weight excluding hydrogens is 493 g/mol. The minimum absolute atomic E-state index is 0.173. The van der Waals surface area contributed by atoms with Crippen LogP contribution in [0.25, 0.3) is 0 Å². The smallest absolute Gasteiger partial charge is 0.240 e. The Kier molecular flexibility index (Phi) is 8.14. The first-order valence-corrected chi connectivity index (χ1v) is 13.3. The summed E-state index contributed by atoms with van der Waals surface area (Å²) in [6.45, 7) is 3.62. The maximum atomic E-state index is 13.1. The van der Waals surface area contributed by atoms with E-state index in [1.54, 1.807) is 36.4 Å². The number of para-hydroxylation sites is 1. The molecule has 0 bridgehead atoms. The zero-order chi connectivity index (χ0) is 24.1. The van der Waals surface area contributed by atoms with Gasteiger partial charge < -0.3 is 9.64 Å². The summed E-state index contributed by atoms with van der Waals surface area (Å²) in [6.07, 6.45) is 0. The Balaban J connectivity index is 1.49. The Bertz CT molecular complexity index is 1200. The molecule has 34 heavy (non-hydrogen) atoms. The van der Waals surface area contributed by atoms with Gasteiger partial charge in [0.1, 0.15) is 11.5 Å². The minimum Gasteiger partial charge on any atom is -0.457 e. The maximum Gasteiger partial charge on any atom is 0.240 e. The van der Waals surface area contributed by atoms with E-state index < -0.39 is 10.0 Å². The van der Waals surface area contributed by atoms with Crippen LogP contribution in [0, 0.1) is 0 Å². The number of hydrogen-bond acceptors (Lipinski definition) is 5. The molecule has 1 saturated heterocycles. The molecule has 0 saturated carbocycles. The van der Waals surface area contributed by atoms with Gasteiger partial charge in [-0.25, -0.2) is 13.1 Å². The van der Waals surface area contributed by atoms with Gasteiger partial charge in [0.15, 0.2) is 0 Å². The highest BCUT2D eigenvalue weighted by Crippen LogP contribution is 2.31. The molecule has 0 aromatic heterocycles. The highest BCUT2D eigenvalue weighted by Gasteiger charge is 2.27. The van der Waals surface area contributed by atoms with E-state index in [1.807, 2.05) is 36.4 Å². The number of piperazine rings is 1. The van der Waals surface area contributed by atoms with Crippen LogP contribution >= 0.6 is 23.2 Å². The van der Waals surface area contributed by atoms with Crippen LogP contribution in [0.15, 0.2) is 77.7 Å². The van der Waals surface area contributed by atoms with E-state index in [0.717, 1.165) is 31.7 Å². The first-order chi connectivity index (χ1) is 16.3. The van der Waals surface area contributed by atoms with Crippen LogP contribution in [0.1, 0.15) is 11.6 Å². The molecule has 180 valence electrons. The van der Waals surface area contributed by atoms with E-state index in [4.69, 9.17) is 27.9 Å². The Morgan fingerprint density at radius 3 is 2.21 bits per heavy atom. The summed E-state index contributed by atoms with van der Waals surface area (Å²) >= 11 is 12.6. The number of rotatable bonds is 8. The number of likely N-dealkylation sites (N-methyl/N-ethyl adjacent to an activating group) is 1. The van der Waals surface area contributed by atoms with Crippen LogP contribution in [0.4, 0.5) is 0 Å². The van der Waals surface area contributed by atoms with Crippen molar-refractivity contribution in [3.05, 3.63) is 88.4 Å². The van der Waals surface area contributed by atoms with Crippen molar-refractivity contribution >= 4 is 33.2 Å². The van der Waals surface area contributed by atoms with E-state index in [-0.39, 0.29) is 17.5 Å². The zero-order valence-corrected chi connectivity index (χ0v) is 21.2. The predicted octanol–water partition coefficient (Wildman–Crippen LogP) is 5.05. The average molecular weight is 520 g/mol. The summed E-state index contributed by atoms with van der Waals surface area (Å²) in [5, 5.41) is 1.07. The summed E-state index contributed by atoms with van der Waals surface area (Å²) < 4.78 is 34.7. The molecule has 9 heteroatoms. The fourth-order valence-electron chi connectivity index (χ4n) is 3.92. The molecule has 0 aliphatic carbocycles. The van der Waals surface area contributed by atoms with Crippen LogP contribution < -0.4 is 9.46 Å². The first-order valence-electron chi connectivity index (χ1n) is 11.0. The Hall–Kier alpha value is -2.13. The third-order valence-electron chi connectivity index (χ3n) is 5.88. The molecule has 0 spiro atoms. The number of halogens is 2. The highest BCUT2D eigenvalue weighted by molar-refractivity contribution is 7.89. The molecule has 0 radical (unpaired) electrons. The fourth-order valence-corrected chi connectivity index (χ4v) is 5.50. The van der Waals surface area contributed by atoms with Gasteiger partial charge in [0.05, 0.1) is 4.90 Å². The quantitative estimate of drug-likeness (QED) is 0.451. The summed E-state index contributed by atoms with van der Waals surface area (Å²) in [5.74, 6) is 1.25. The third kappa shape index (κ3) is 6.30. The summed E-state index contributed by atoms with van der Waals surface area (Å²) in [4.78, 5) is 4.68. The lowest BCUT2D eigenvalue weighted by Gasteiger charge is -2.38. The van der Waals surface area contributed by atoms with Crippen LogP contribution in [0.5, 0.6) is 11.5 Å². The van der Waals surface area contributed by atoms with Crippen LogP contribution in [0.3, 0.4) is 0 Å². The minimum atomic E-state index is -3.74. The maximum absolute atomic E-state index is 13.1. The molecule has 3 aromatic rings. The molecule has 6 nitrogen and oxygen atoms in total. The SMILES string of the molecule is CN1CCN(C(CNS(=O)(=O)c2ccc(Oc3ccccc3)cc2)c2ccc(Cl)cc2Cl)CC1. The second kappa shape index (κ2) is 11.1. The fraction of sp³-hybridized carbons (Fsp3) is 0.280. The van der Waals surface area contributed by atoms with Crippen LogP contribution in [-0.4, -0.2) is 58.0 Å². The number of hydrogen-bond donors (Lipinski definition) is 1. The number of nitrogens with zero attached hydrogens (tertiary/aromatic N) is 2. The van der Waals surface area contributed by atoms with Gasteiger partial charge >= 0.3 is 0 Å². The van der Waals surface area contributed by atoms with Crippen molar-refractivity contribution in [2.75, 3.05) is 39.8 Å². The molecule has 1 atom stereocenters. The molecule has 1 unspecified atom stereocenters. The van der Waals surface area contributed by atoms with Crippen molar-refractivity contribution in [1.29, 1.82) is 0 Å². The van der Waals surface area contributed by atoms with E-state index >= 15 is 0 Å². The van der Waals surface area contributed by atoms with Crippen LogP contribution in [0.2, 0.25) is 10.0 Å². The average Bonchev–Trinajstić information content (AvgIpc) is 2.82.